The number of nitrogens with one attached hydrogen (secondary N) is 2. The van der Waals surface area contributed by atoms with Crippen LogP contribution < -0.4 is 20.1 Å². The van der Waals surface area contributed by atoms with Crippen LogP contribution in [0.1, 0.15) is 28.7 Å². The predicted molar refractivity (Wildman–Crippen MR) is 111 cm³/mol. The monoisotopic (exact) mass is 390 g/mol. The van der Waals surface area contributed by atoms with Crippen molar-refractivity contribution in [3.8, 4) is 11.5 Å². The van der Waals surface area contributed by atoms with E-state index in [1.54, 1.807) is 6.07 Å². The van der Waals surface area contributed by atoms with Crippen LogP contribution in [-0.2, 0) is 6.42 Å². The minimum absolute atomic E-state index is 0.287. The van der Waals surface area contributed by atoms with E-state index in [1.807, 2.05) is 49.4 Å². The van der Waals surface area contributed by atoms with Crippen molar-refractivity contribution in [2.24, 2.45) is 0 Å². The Hall–Kier alpha value is -3.61. The fourth-order valence-electron chi connectivity index (χ4n) is 3.01. The molecule has 2 aromatic carbocycles. The lowest BCUT2D eigenvalue weighted by molar-refractivity contribution is 0.102. The summed E-state index contributed by atoms with van der Waals surface area (Å²) in [6.45, 7) is 4.97. The van der Waals surface area contributed by atoms with Gasteiger partial charge in [0.05, 0.1) is 0 Å². The molecule has 0 radical (unpaired) electrons. The van der Waals surface area contributed by atoms with Gasteiger partial charge in [0.2, 0.25) is 5.95 Å². The molecule has 29 heavy (non-hydrogen) atoms. The number of hydrogen-bond donors (Lipinski definition) is 2. The van der Waals surface area contributed by atoms with E-state index in [0.29, 0.717) is 36.4 Å². The van der Waals surface area contributed by atoms with Crippen molar-refractivity contribution in [3.63, 3.8) is 0 Å². The van der Waals surface area contributed by atoms with E-state index in [4.69, 9.17) is 9.47 Å². The van der Waals surface area contributed by atoms with Gasteiger partial charge in [0.25, 0.3) is 5.91 Å². The zero-order chi connectivity index (χ0) is 20.2. The van der Waals surface area contributed by atoms with Gasteiger partial charge in [-0.15, -0.1) is 0 Å². The van der Waals surface area contributed by atoms with E-state index < -0.39 is 0 Å². The maximum atomic E-state index is 12.7. The molecule has 0 atom stereocenters. The minimum atomic E-state index is -0.287. The van der Waals surface area contributed by atoms with Gasteiger partial charge in [0, 0.05) is 23.1 Å². The number of ether oxygens (including phenoxy) is 2. The number of benzene rings is 2. The molecule has 7 nitrogen and oxygen atoms in total. The van der Waals surface area contributed by atoms with Crippen molar-refractivity contribution in [3.05, 3.63) is 65.5 Å². The highest BCUT2D eigenvalue weighted by Crippen LogP contribution is 2.33. The lowest BCUT2D eigenvalue weighted by Gasteiger charge is -2.19. The first kappa shape index (κ1) is 18.7. The Kier molecular flexibility index (Phi) is 5.29. The molecule has 4 rings (SSSR count). The molecule has 0 spiro atoms. The highest BCUT2D eigenvalue weighted by Gasteiger charge is 2.14. The highest BCUT2D eigenvalue weighted by molar-refractivity contribution is 6.03. The third-order valence-electron chi connectivity index (χ3n) is 4.51. The number of anilines is 3. The Balaban J connectivity index is 1.51. The van der Waals surface area contributed by atoms with E-state index in [1.165, 1.54) is 5.56 Å². The van der Waals surface area contributed by atoms with Crippen molar-refractivity contribution in [2.45, 2.75) is 20.3 Å². The molecule has 2 N–H and O–H groups in total. The smallest absolute Gasteiger partial charge is 0.274 e. The molecule has 7 heteroatoms. The molecule has 0 saturated carbocycles. The van der Waals surface area contributed by atoms with Gasteiger partial charge in [-0.1, -0.05) is 19.1 Å². The van der Waals surface area contributed by atoms with Gasteiger partial charge in [0.15, 0.2) is 11.5 Å². The number of rotatable bonds is 5. The van der Waals surface area contributed by atoms with Crippen LogP contribution in [0.5, 0.6) is 11.5 Å². The molecule has 1 aliphatic rings. The minimum Gasteiger partial charge on any atom is -0.486 e. The van der Waals surface area contributed by atoms with Gasteiger partial charge >= 0.3 is 0 Å². The van der Waals surface area contributed by atoms with Crippen LogP contribution in [0.15, 0.2) is 48.5 Å². The van der Waals surface area contributed by atoms with Crippen molar-refractivity contribution in [1.82, 2.24) is 9.97 Å². The average Bonchev–Trinajstić information content (AvgIpc) is 2.74. The van der Waals surface area contributed by atoms with Crippen molar-refractivity contribution in [2.75, 3.05) is 23.8 Å². The van der Waals surface area contributed by atoms with Crippen LogP contribution >= 0.6 is 0 Å². The fourth-order valence-corrected chi connectivity index (χ4v) is 3.01. The first-order chi connectivity index (χ1) is 14.1. The molecule has 0 bridgehead atoms. The van der Waals surface area contributed by atoms with Crippen LogP contribution in [-0.4, -0.2) is 29.1 Å². The Morgan fingerprint density at radius 3 is 2.45 bits per heavy atom. The SMILES string of the molecule is CCc1ccc(NC(=O)c2cc(C)nc(Nc3ccc4c(c3)OCCO4)n2)cc1. The summed E-state index contributed by atoms with van der Waals surface area (Å²) in [4.78, 5) is 21.4. The van der Waals surface area contributed by atoms with E-state index in [-0.39, 0.29) is 11.6 Å². The number of hydrogen-bond acceptors (Lipinski definition) is 6. The zero-order valence-corrected chi connectivity index (χ0v) is 16.4. The number of aromatic nitrogens is 2. The summed E-state index contributed by atoms with van der Waals surface area (Å²) < 4.78 is 11.1. The molecular formula is C22H22N4O3. The first-order valence-corrected chi connectivity index (χ1v) is 9.53. The zero-order valence-electron chi connectivity index (χ0n) is 16.4. The Morgan fingerprint density at radius 2 is 1.69 bits per heavy atom. The van der Waals surface area contributed by atoms with Crippen molar-refractivity contribution < 1.29 is 14.3 Å². The first-order valence-electron chi connectivity index (χ1n) is 9.53. The summed E-state index contributed by atoms with van der Waals surface area (Å²) in [5, 5.41) is 6.01. The van der Waals surface area contributed by atoms with Crippen LogP contribution in [0.25, 0.3) is 0 Å². The summed E-state index contributed by atoms with van der Waals surface area (Å²) >= 11 is 0. The van der Waals surface area contributed by atoms with Crippen LogP contribution in [0.4, 0.5) is 17.3 Å². The number of carbonyl (C=O) groups is 1. The second-order valence-corrected chi connectivity index (χ2v) is 6.71. The van der Waals surface area contributed by atoms with Crippen molar-refractivity contribution in [1.29, 1.82) is 0 Å². The number of aryl methyl sites for hydroxylation is 2. The highest BCUT2D eigenvalue weighted by atomic mass is 16.6. The number of fused-ring (bicyclic) bond motifs is 1. The van der Waals surface area contributed by atoms with Gasteiger partial charge < -0.3 is 20.1 Å². The largest absolute Gasteiger partial charge is 0.486 e. The predicted octanol–water partition coefficient (Wildman–Crippen LogP) is 4.11. The number of carbonyl (C=O) groups excluding carboxylic acids is 1. The second-order valence-electron chi connectivity index (χ2n) is 6.71. The van der Waals surface area contributed by atoms with E-state index >= 15 is 0 Å². The van der Waals surface area contributed by atoms with Gasteiger partial charge in [-0.2, -0.15) is 0 Å². The summed E-state index contributed by atoms with van der Waals surface area (Å²) in [6, 6.07) is 14.9. The summed E-state index contributed by atoms with van der Waals surface area (Å²) in [6.07, 6.45) is 0.953. The summed E-state index contributed by atoms with van der Waals surface area (Å²) in [7, 11) is 0. The Labute approximate surface area is 169 Å². The molecule has 0 saturated heterocycles. The van der Waals surface area contributed by atoms with Gasteiger partial charge in [-0.25, -0.2) is 9.97 Å². The molecule has 0 fully saturated rings. The normalized spacial score (nSPS) is 12.3. The van der Waals surface area contributed by atoms with Gasteiger partial charge in [-0.3, -0.25) is 4.79 Å². The third kappa shape index (κ3) is 4.45. The van der Waals surface area contributed by atoms with Gasteiger partial charge in [-0.05, 0) is 49.2 Å². The molecule has 0 unspecified atom stereocenters. The second kappa shape index (κ2) is 8.18. The Bertz CT molecular complexity index is 1030. The number of nitrogens with zero attached hydrogens (tertiary/aromatic N) is 2. The van der Waals surface area contributed by atoms with E-state index in [0.717, 1.165) is 17.8 Å². The summed E-state index contributed by atoms with van der Waals surface area (Å²) in [5.41, 5.74) is 3.67. The van der Waals surface area contributed by atoms with Crippen molar-refractivity contribution >= 4 is 23.2 Å². The molecule has 3 aromatic rings. The molecular weight excluding hydrogens is 368 g/mol. The third-order valence-corrected chi connectivity index (χ3v) is 4.51. The average molecular weight is 390 g/mol. The number of amides is 1. The quantitative estimate of drug-likeness (QED) is 0.682. The lowest BCUT2D eigenvalue weighted by Crippen LogP contribution is -2.16. The molecule has 1 amide bonds. The maximum absolute atomic E-state index is 12.7. The topological polar surface area (TPSA) is 85.4 Å². The lowest BCUT2D eigenvalue weighted by atomic mass is 10.1. The molecule has 1 aliphatic heterocycles. The van der Waals surface area contributed by atoms with Gasteiger partial charge in [0.1, 0.15) is 18.9 Å². The van der Waals surface area contributed by atoms with E-state index in [2.05, 4.69) is 27.5 Å². The Morgan fingerprint density at radius 1 is 0.966 bits per heavy atom. The molecule has 148 valence electrons. The fraction of sp³-hybridized carbons (Fsp3) is 0.227. The van der Waals surface area contributed by atoms with Crippen LogP contribution in [0.3, 0.4) is 0 Å². The molecule has 2 heterocycles. The van der Waals surface area contributed by atoms with Crippen LogP contribution in [0.2, 0.25) is 0 Å². The molecule has 0 aliphatic carbocycles. The molecule has 1 aromatic heterocycles. The standard InChI is InChI=1S/C22H22N4O3/c1-3-15-4-6-16(7-5-15)24-21(27)18-12-14(2)23-22(26-18)25-17-8-9-19-20(13-17)29-11-10-28-19/h4-9,12-13H,3,10-11H2,1-2H3,(H,24,27)(H,23,25,26). The maximum Gasteiger partial charge on any atom is 0.274 e. The van der Waals surface area contributed by atoms with Crippen LogP contribution in [0, 0.1) is 6.92 Å². The summed E-state index contributed by atoms with van der Waals surface area (Å²) in [5.74, 6) is 1.43. The van der Waals surface area contributed by atoms with E-state index in [9.17, 15) is 4.79 Å².